The second kappa shape index (κ2) is 7.97. The molecule has 0 spiro atoms. The highest BCUT2D eigenvalue weighted by molar-refractivity contribution is 6.01. The normalized spacial score (nSPS) is 10.0. The summed E-state index contributed by atoms with van der Waals surface area (Å²) in [5.74, 6) is -10.5. The number of hydrogen-bond donors (Lipinski definition) is 0. The summed E-state index contributed by atoms with van der Waals surface area (Å²) < 4.78 is 51.7. The monoisotopic (exact) mass is 340 g/mol. The molecule has 0 aliphatic carbocycles. The van der Waals surface area contributed by atoms with Crippen LogP contribution in [0.15, 0.2) is 0 Å². The quantitative estimate of drug-likeness (QED) is 0.462. The van der Waals surface area contributed by atoms with Crippen LogP contribution in [-0.4, -0.2) is 25.2 Å². The first kappa shape index (κ1) is 19.0. The molecule has 0 saturated heterocycles. The molecule has 0 amide bonds. The van der Waals surface area contributed by atoms with Crippen molar-refractivity contribution in [3.05, 3.63) is 34.1 Å². The zero-order valence-corrected chi connectivity index (χ0v) is 12.7. The van der Waals surface area contributed by atoms with Crippen LogP contribution in [0, 0.1) is 40.1 Å². The Balaban J connectivity index is 3.75. The van der Waals surface area contributed by atoms with Crippen LogP contribution >= 0.6 is 0 Å². The van der Waals surface area contributed by atoms with Gasteiger partial charge in [-0.3, -0.25) is 9.59 Å². The molecule has 0 N–H and O–H groups in total. The lowest BCUT2D eigenvalue weighted by Crippen LogP contribution is -2.29. The molecule has 0 aliphatic rings. The number of hydrogen-bond acceptors (Lipinski definition) is 6. The van der Waals surface area contributed by atoms with Crippen LogP contribution in [-0.2, 0) is 19.1 Å². The molecule has 0 radical (unpaired) electrons. The van der Waals surface area contributed by atoms with Gasteiger partial charge in [0, 0.05) is 0 Å². The van der Waals surface area contributed by atoms with Crippen molar-refractivity contribution in [2.75, 3.05) is 13.2 Å². The number of nitriles is 2. The van der Waals surface area contributed by atoms with E-state index < -0.39 is 52.0 Å². The van der Waals surface area contributed by atoms with Crippen molar-refractivity contribution in [1.82, 2.24) is 0 Å². The van der Waals surface area contributed by atoms with Crippen molar-refractivity contribution < 1.29 is 32.2 Å². The largest absolute Gasteiger partial charge is 0.465 e. The maximum atomic E-state index is 14.4. The molecule has 0 aliphatic heterocycles. The van der Waals surface area contributed by atoms with E-state index in [4.69, 9.17) is 10.5 Å². The summed E-state index contributed by atoms with van der Waals surface area (Å²) in [5.41, 5.74) is -3.62. The Morgan fingerprint density at radius 3 is 1.71 bits per heavy atom. The molecule has 0 saturated carbocycles. The third kappa shape index (κ3) is 3.30. The van der Waals surface area contributed by atoms with Gasteiger partial charge < -0.3 is 9.47 Å². The van der Waals surface area contributed by atoms with E-state index in [9.17, 15) is 22.8 Å². The fourth-order valence-electron chi connectivity index (χ4n) is 1.93. The summed E-state index contributed by atoms with van der Waals surface area (Å²) in [6.07, 6.45) is 0. The molecule has 0 bridgehead atoms. The molecule has 9 heteroatoms. The molecule has 0 unspecified atom stereocenters. The minimum atomic E-state index is -2.26. The van der Waals surface area contributed by atoms with Crippen LogP contribution in [0.5, 0.6) is 0 Å². The maximum absolute atomic E-state index is 14.4. The first-order valence-electron chi connectivity index (χ1n) is 6.69. The summed E-state index contributed by atoms with van der Waals surface area (Å²) in [7, 11) is 0. The molecule has 24 heavy (non-hydrogen) atoms. The van der Waals surface area contributed by atoms with Gasteiger partial charge in [0.2, 0.25) is 0 Å². The summed E-state index contributed by atoms with van der Waals surface area (Å²) in [6.45, 7) is 2.32. The first-order valence-corrected chi connectivity index (χ1v) is 6.69. The molecule has 0 atom stereocenters. The SMILES string of the molecule is CCOC(=O)C(C(=O)OCC)c1c(F)c(F)c(C#N)c(C#N)c1F. The van der Waals surface area contributed by atoms with Gasteiger partial charge in [0.25, 0.3) is 0 Å². The topological polar surface area (TPSA) is 100 Å². The van der Waals surface area contributed by atoms with Gasteiger partial charge in [0.05, 0.1) is 18.8 Å². The Bertz CT molecular complexity index is 748. The van der Waals surface area contributed by atoms with E-state index in [0.29, 0.717) is 0 Å². The van der Waals surface area contributed by atoms with Gasteiger partial charge in [-0.15, -0.1) is 0 Å². The van der Waals surface area contributed by atoms with Crippen molar-refractivity contribution in [2.45, 2.75) is 19.8 Å². The van der Waals surface area contributed by atoms with Crippen LogP contribution in [0.1, 0.15) is 36.5 Å². The highest BCUT2D eigenvalue weighted by atomic mass is 19.2. The molecule has 1 aromatic carbocycles. The lowest BCUT2D eigenvalue weighted by molar-refractivity contribution is -0.157. The number of benzene rings is 1. The molecule has 6 nitrogen and oxygen atoms in total. The Morgan fingerprint density at radius 1 is 0.917 bits per heavy atom. The Morgan fingerprint density at radius 2 is 1.33 bits per heavy atom. The van der Waals surface area contributed by atoms with E-state index in [2.05, 4.69) is 9.47 Å². The molecule has 126 valence electrons. The van der Waals surface area contributed by atoms with Crippen molar-refractivity contribution >= 4 is 11.9 Å². The summed E-state index contributed by atoms with van der Waals surface area (Å²) in [5, 5.41) is 17.6. The van der Waals surface area contributed by atoms with Crippen LogP contribution in [0.4, 0.5) is 13.2 Å². The van der Waals surface area contributed by atoms with Gasteiger partial charge in [-0.1, -0.05) is 0 Å². The molecule has 1 aromatic rings. The number of halogens is 3. The predicted molar refractivity (Wildman–Crippen MR) is 71.8 cm³/mol. The van der Waals surface area contributed by atoms with Crippen molar-refractivity contribution in [3.63, 3.8) is 0 Å². The smallest absolute Gasteiger partial charge is 0.325 e. The van der Waals surface area contributed by atoms with Crippen molar-refractivity contribution in [1.29, 1.82) is 10.5 Å². The minimum absolute atomic E-state index is 0.220. The van der Waals surface area contributed by atoms with Crippen molar-refractivity contribution in [2.24, 2.45) is 0 Å². The van der Waals surface area contributed by atoms with E-state index in [1.807, 2.05) is 0 Å². The molecule has 0 fully saturated rings. The average molecular weight is 340 g/mol. The van der Waals surface area contributed by atoms with Gasteiger partial charge in [-0.2, -0.15) is 10.5 Å². The van der Waals surface area contributed by atoms with E-state index in [-0.39, 0.29) is 13.2 Å². The second-order valence-corrected chi connectivity index (χ2v) is 4.27. The van der Waals surface area contributed by atoms with E-state index in [1.54, 1.807) is 0 Å². The van der Waals surface area contributed by atoms with Crippen molar-refractivity contribution in [3.8, 4) is 12.1 Å². The maximum Gasteiger partial charge on any atom is 0.325 e. The second-order valence-electron chi connectivity index (χ2n) is 4.27. The predicted octanol–water partition coefficient (Wildman–Crippen LogP) is 2.06. The Hall–Kier alpha value is -3.07. The van der Waals surface area contributed by atoms with Gasteiger partial charge in [-0.25, -0.2) is 13.2 Å². The Kier molecular flexibility index (Phi) is 6.30. The van der Waals surface area contributed by atoms with E-state index >= 15 is 0 Å². The minimum Gasteiger partial charge on any atom is -0.465 e. The molecule has 1 rings (SSSR count). The zero-order chi connectivity index (χ0) is 18.4. The lowest BCUT2D eigenvalue weighted by atomic mass is 9.93. The third-order valence-electron chi connectivity index (χ3n) is 2.91. The lowest BCUT2D eigenvalue weighted by Gasteiger charge is -2.17. The van der Waals surface area contributed by atoms with Crippen LogP contribution in [0.3, 0.4) is 0 Å². The van der Waals surface area contributed by atoms with Gasteiger partial charge >= 0.3 is 11.9 Å². The molecule has 0 aromatic heterocycles. The van der Waals surface area contributed by atoms with Crippen LogP contribution in [0.25, 0.3) is 0 Å². The summed E-state index contributed by atoms with van der Waals surface area (Å²) in [6, 6.07) is 2.37. The number of carbonyl (C=O) groups is 2. The van der Waals surface area contributed by atoms with E-state index in [1.165, 1.54) is 19.9 Å². The number of carbonyl (C=O) groups excluding carboxylic acids is 2. The number of ether oxygens (including phenoxy) is 2. The number of esters is 2. The molecular weight excluding hydrogens is 329 g/mol. The highest BCUT2D eigenvalue weighted by Gasteiger charge is 2.40. The number of nitrogens with zero attached hydrogens (tertiary/aromatic N) is 2. The summed E-state index contributed by atoms with van der Waals surface area (Å²) >= 11 is 0. The van der Waals surface area contributed by atoms with E-state index in [0.717, 1.165) is 6.07 Å². The van der Waals surface area contributed by atoms with Gasteiger partial charge in [0.15, 0.2) is 17.6 Å². The van der Waals surface area contributed by atoms with Gasteiger partial charge in [-0.05, 0) is 13.8 Å². The van der Waals surface area contributed by atoms with Crippen LogP contribution < -0.4 is 0 Å². The zero-order valence-electron chi connectivity index (χ0n) is 12.7. The number of rotatable bonds is 5. The standard InChI is InChI=1S/C15H11F3N2O4/c1-3-23-14(21)10(15(22)24-4-2)9-11(16)7(5-19)8(6-20)12(17)13(9)18/h10H,3-4H2,1-2H3. The summed E-state index contributed by atoms with van der Waals surface area (Å²) in [4.78, 5) is 23.8. The molecule has 0 heterocycles. The van der Waals surface area contributed by atoms with Gasteiger partial charge in [0.1, 0.15) is 29.1 Å². The average Bonchev–Trinajstić information content (AvgIpc) is 2.54. The molecular formula is C15H11F3N2O4. The first-order chi connectivity index (χ1) is 11.3. The highest BCUT2D eigenvalue weighted by Crippen LogP contribution is 2.31. The third-order valence-corrected chi connectivity index (χ3v) is 2.91. The Labute approximate surface area is 135 Å². The van der Waals surface area contributed by atoms with Crippen LogP contribution in [0.2, 0.25) is 0 Å². The fraction of sp³-hybridized carbons (Fsp3) is 0.333. The fourth-order valence-corrected chi connectivity index (χ4v) is 1.93.